The fourth-order valence-corrected chi connectivity index (χ4v) is 1.83. The molecule has 100 valence electrons. The number of amides is 1. The SMILES string of the molecule is CCN(CC(=O)NC)c1cccc(F)c1[C@H](C)O. The quantitative estimate of drug-likeness (QED) is 0.836. The maximum absolute atomic E-state index is 13.7. The van der Waals surface area contributed by atoms with Gasteiger partial charge in [-0.3, -0.25) is 4.79 Å². The van der Waals surface area contributed by atoms with E-state index in [9.17, 15) is 14.3 Å². The summed E-state index contributed by atoms with van der Waals surface area (Å²) >= 11 is 0. The minimum Gasteiger partial charge on any atom is -0.389 e. The van der Waals surface area contributed by atoms with Gasteiger partial charge in [-0.25, -0.2) is 4.39 Å². The van der Waals surface area contributed by atoms with Gasteiger partial charge in [-0.2, -0.15) is 0 Å². The van der Waals surface area contributed by atoms with Crippen molar-refractivity contribution in [2.75, 3.05) is 25.0 Å². The van der Waals surface area contributed by atoms with Gasteiger partial charge in [0.25, 0.3) is 0 Å². The Labute approximate surface area is 106 Å². The van der Waals surface area contributed by atoms with E-state index in [0.29, 0.717) is 12.2 Å². The van der Waals surface area contributed by atoms with Gasteiger partial charge < -0.3 is 15.3 Å². The highest BCUT2D eigenvalue weighted by molar-refractivity contribution is 5.81. The molecule has 0 heterocycles. The van der Waals surface area contributed by atoms with E-state index in [2.05, 4.69) is 5.32 Å². The van der Waals surface area contributed by atoms with Crippen LogP contribution in [0.1, 0.15) is 25.5 Å². The molecule has 2 N–H and O–H groups in total. The number of anilines is 1. The first kappa shape index (κ1) is 14.4. The highest BCUT2D eigenvalue weighted by atomic mass is 19.1. The zero-order chi connectivity index (χ0) is 13.7. The molecule has 0 aliphatic rings. The van der Waals surface area contributed by atoms with Gasteiger partial charge in [-0.05, 0) is 26.0 Å². The van der Waals surface area contributed by atoms with Crippen LogP contribution in [0.5, 0.6) is 0 Å². The molecule has 0 aliphatic heterocycles. The van der Waals surface area contributed by atoms with Crippen LogP contribution in [0.2, 0.25) is 0 Å². The van der Waals surface area contributed by atoms with E-state index in [1.807, 2.05) is 6.92 Å². The van der Waals surface area contributed by atoms with Gasteiger partial charge in [-0.15, -0.1) is 0 Å². The molecule has 0 saturated heterocycles. The zero-order valence-corrected chi connectivity index (χ0v) is 10.9. The van der Waals surface area contributed by atoms with Crippen molar-refractivity contribution in [2.24, 2.45) is 0 Å². The number of hydrogen-bond acceptors (Lipinski definition) is 3. The van der Waals surface area contributed by atoms with Gasteiger partial charge in [0.2, 0.25) is 5.91 Å². The molecular weight excluding hydrogens is 235 g/mol. The predicted molar refractivity (Wildman–Crippen MR) is 69.0 cm³/mol. The molecule has 0 aromatic heterocycles. The van der Waals surface area contributed by atoms with Crippen molar-refractivity contribution in [2.45, 2.75) is 20.0 Å². The molecule has 0 fully saturated rings. The summed E-state index contributed by atoms with van der Waals surface area (Å²) < 4.78 is 13.7. The first-order chi connectivity index (χ1) is 8.51. The highest BCUT2D eigenvalue weighted by Gasteiger charge is 2.18. The summed E-state index contributed by atoms with van der Waals surface area (Å²) in [6.45, 7) is 4.07. The minimum absolute atomic E-state index is 0.135. The van der Waals surface area contributed by atoms with Gasteiger partial charge in [0.1, 0.15) is 5.82 Å². The van der Waals surface area contributed by atoms with Crippen molar-refractivity contribution in [1.82, 2.24) is 5.32 Å². The summed E-state index contributed by atoms with van der Waals surface area (Å²) in [6.07, 6.45) is -0.917. The van der Waals surface area contributed by atoms with E-state index in [1.165, 1.54) is 13.0 Å². The van der Waals surface area contributed by atoms with Crippen LogP contribution >= 0.6 is 0 Å². The largest absolute Gasteiger partial charge is 0.389 e. The fourth-order valence-electron chi connectivity index (χ4n) is 1.83. The van der Waals surface area contributed by atoms with Crippen molar-refractivity contribution >= 4 is 11.6 Å². The number of halogens is 1. The number of nitrogens with one attached hydrogen (secondary N) is 1. The number of carbonyl (C=O) groups is 1. The number of hydrogen-bond donors (Lipinski definition) is 2. The summed E-state index contributed by atoms with van der Waals surface area (Å²) in [5.41, 5.74) is 0.777. The second-order valence-electron chi connectivity index (χ2n) is 4.04. The van der Waals surface area contributed by atoms with Crippen molar-refractivity contribution < 1.29 is 14.3 Å². The Hall–Kier alpha value is -1.62. The van der Waals surface area contributed by atoms with Crippen LogP contribution in [-0.2, 0) is 4.79 Å². The van der Waals surface area contributed by atoms with Crippen LogP contribution in [0, 0.1) is 5.82 Å². The van der Waals surface area contributed by atoms with Crippen molar-refractivity contribution in [1.29, 1.82) is 0 Å². The fraction of sp³-hybridized carbons (Fsp3) is 0.462. The molecule has 1 atom stereocenters. The average molecular weight is 254 g/mol. The second kappa shape index (κ2) is 6.35. The van der Waals surface area contributed by atoms with E-state index in [1.54, 1.807) is 24.1 Å². The second-order valence-corrected chi connectivity index (χ2v) is 4.04. The van der Waals surface area contributed by atoms with Crippen LogP contribution in [0.15, 0.2) is 18.2 Å². The van der Waals surface area contributed by atoms with Crippen LogP contribution in [0.4, 0.5) is 10.1 Å². The third-order valence-corrected chi connectivity index (χ3v) is 2.78. The number of aliphatic hydroxyl groups is 1. The standard InChI is InChI=1S/C13H19FN2O2/c1-4-16(8-12(18)15-3)11-7-5-6-10(14)13(11)9(2)17/h5-7,9,17H,4,8H2,1-3H3,(H,15,18)/t9-/m0/s1. The van der Waals surface area contributed by atoms with E-state index in [4.69, 9.17) is 0 Å². The maximum Gasteiger partial charge on any atom is 0.239 e. The number of carbonyl (C=O) groups excluding carboxylic acids is 1. The molecule has 5 heteroatoms. The van der Waals surface area contributed by atoms with Gasteiger partial charge in [0.15, 0.2) is 0 Å². The summed E-state index contributed by atoms with van der Waals surface area (Å²) in [6, 6.07) is 4.58. The molecule has 18 heavy (non-hydrogen) atoms. The van der Waals surface area contributed by atoms with Crippen molar-refractivity contribution in [3.63, 3.8) is 0 Å². The van der Waals surface area contributed by atoms with Gasteiger partial charge >= 0.3 is 0 Å². The third-order valence-electron chi connectivity index (χ3n) is 2.78. The van der Waals surface area contributed by atoms with Crippen molar-refractivity contribution in [3.8, 4) is 0 Å². The molecule has 4 nitrogen and oxygen atoms in total. The topological polar surface area (TPSA) is 52.6 Å². The Morgan fingerprint density at radius 3 is 2.72 bits per heavy atom. The number of rotatable bonds is 5. The number of nitrogens with zero attached hydrogens (tertiary/aromatic N) is 1. The van der Waals surface area contributed by atoms with E-state index < -0.39 is 11.9 Å². The predicted octanol–water partition coefficient (Wildman–Crippen LogP) is 1.45. The molecular formula is C13H19FN2O2. The lowest BCUT2D eigenvalue weighted by atomic mass is 10.1. The van der Waals surface area contributed by atoms with Crippen LogP contribution in [-0.4, -0.2) is 31.2 Å². The average Bonchev–Trinajstić information content (AvgIpc) is 2.34. The van der Waals surface area contributed by atoms with Gasteiger partial charge in [0.05, 0.1) is 12.6 Å². The lowest BCUT2D eigenvalue weighted by Crippen LogP contribution is -2.36. The minimum atomic E-state index is -0.917. The van der Waals surface area contributed by atoms with E-state index in [-0.39, 0.29) is 18.0 Å². The zero-order valence-electron chi connectivity index (χ0n) is 10.9. The molecule has 1 rings (SSSR count). The molecule has 0 bridgehead atoms. The third kappa shape index (κ3) is 3.20. The van der Waals surface area contributed by atoms with Crippen LogP contribution in [0.25, 0.3) is 0 Å². The Morgan fingerprint density at radius 1 is 1.56 bits per heavy atom. The van der Waals surface area contributed by atoms with Crippen molar-refractivity contribution in [3.05, 3.63) is 29.6 Å². The number of aliphatic hydroxyl groups excluding tert-OH is 1. The summed E-state index contributed by atoms with van der Waals surface area (Å²) in [5.74, 6) is -0.615. The normalized spacial score (nSPS) is 12.1. The maximum atomic E-state index is 13.7. The lowest BCUT2D eigenvalue weighted by Gasteiger charge is -2.26. The Bertz CT molecular complexity index is 421. The first-order valence-corrected chi connectivity index (χ1v) is 5.93. The van der Waals surface area contributed by atoms with Gasteiger partial charge in [0, 0.05) is 24.8 Å². The van der Waals surface area contributed by atoms with E-state index >= 15 is 0 Å². The van der Waals surface area contributed by atoms with E-state index in [0.717, 1.165) is 0 Å². The Kier molecular flexibility index (Phi) is 5.09. The number of benzene rings is 1. The van der Waals surface area contributed by atoms with Crippen LogP contribution in [0.3, 0.4) is 0 Å². The molecule has 1 amide bonds. The molecule has 0 aliphatic carbocycles. The molecule has 0 unspecified atom stereocenters. The smallest absolute Gasteiger partial charge is 0.239 e. The summed E-state index contributed by atoms with van der Waals surface area (Å²) in [5, 5.41) is 12.2. The summed E-state index contributed by atoms with van der Waals surface area (Å²) in [4.78, 5) is 13.1. The molecule has 0 saturated carbocycles. The monoisotopic (exact) mass is 254 g/mol. The molecule has 1 aromatic carbocycles. The van der Waals surface area contributed by atoms with Crippen LogP contribution < -0.4 is 10.2 Å². The lowest BCUT2D eigenvalue weighted by molar-refractivity contribution is -0.119. The first-order valence-electron chi connectivity index (χ1n) is 5.93. The summed E-state index contributed by atoms with van der Waals surface area (Å²) in [7, 11) is 1.55. The molecule has 1 aromatic rings. The number of likely N-dealkylation sites (N-methyl/N-ethyl adjacent to an activating group) is 2. The van der Waals surface area contributed by atoms with Gasteiger partial charge in [-0.1, -0.05) is 6.07 Å². The molecule has 0 spiro atoms. The Balaban J connectivity index is 3.12. The molecule has 0 radical (unpaired) electrons. The highest BCUT2D eigenvalue weighted by Crippen LogP contribution is 2.28. The Morgan fingerprint density at radius 2 is 2.22 bits per heavy atom.